The molecule has 0 aliphatic rings. The summed E-state index contributed by atoms with van der Waals surface area (Å²) >= 11 is 0. The quantitative estimate of drug-likeness (QED) is 0.611. The highest BCUT2D eigenvalue weighted by Crippen LogP contribution is 2.36. The number of hydrogen-bond donors (Lipinski definition) is 1. The average molecular weight is 450 g/mol. The molecule has 3 aromatic rings. The summed E-state index contributed by atoms with van der Waals surface area (Å²) in [6.45, 7) is 6.57. The van der Waals surface area contributed by atoms with E-state index in [1.165, 1.54) is 12.1 Å². The first kappa shape index (κ1) is 22.8. The molecule has 0 radical (unpaired) electrons. The van der Waals surface area contributed by atoms with Gasteiger partial charge in [0, 0.05) is 17.6 Å². The fraction of sp³-hybridized carbons (Fsp3) is 0.333. The minimum absolute atomic E-state index is 0.0269. The number of sulfonamides is 1. The van der Waals surface area contributed by atoms with E-state index in [1.807, 2.05) is 43.5 Å². The summed E-state index contributed by atoms with van der Waals surface area (Å²) < 4.78 is 66.4. The summed E-state index contributed by atoms with van der Waals surface area (Å²) in [4.78, 5) is 3.79. The van der Waals surface area contributed by atoms with Gasteiger partial charge in [0.15, 0.2) is 0 Å². The van der Waals surface area contributed by atoms with E-state index in [9.17, 15) is 26.9 Å². The third kappa shape index (κ3) is 4.29. The van der Waals surface area contributed by atoms with Crippen LogP contribution in [0.5, 0.6) is 0 Å². The fourth-order valence-electron chi connectivity index (χ4n) is 3.37. The number of aromatic nitrogens is 2. The largest absolute Gasteiger partial charge is 0.404 e. The maximum absolute atomic E-state index is 12.7. The van der Waals surface area contributed by atoms with Crippen LogP contribution in [0.2, 0.25) is 0 Å². The molecule has 0 amide bonds. The molecule has 0 unspecified atom stereocenters. The molecular weight excluding hydrogens is 429 g/mol. The van der Waals surface area contributed by atoms with E-state index < -0.39 is 27.1 Å². The maximum atomic E-state index is 12.7. The summed E-state index contributed by atoms with van der Waals surface area (Å²) in [6.07, 6.45) is -3.71. The lowest BCUT2D eigenvalue weighted by atomic mass is 10.1. The highest BCUT2D eigenvalue weighted by Gasteiger charge is 2.39. The van der Waals surface area contributed by atoms with E-state index in [-0.39, 0.29) is 6.04 Å². The Morgan fingerprint density at radius 3 is 2.35 bits per heavy atom. The molecule has 10 heteroatoms. The van der Waals surface area contributed by atoms with Gasteiger partial charge >= 0.3 is 6.18 Å². The van der Waals surface area contributed by atoms with Crippen LogP contribution in [0.1, 0.15) is 37.9 Å². The van der Waals surface area contributed by atoms with Crippen LogP contribution in [0, 0.1) is 18.3 Å². The highest BCUT2D eigenvalue weighted by molar-refractivity contribution is 7.89. The lowest BCUT2D eigenvalue weighted by Crippen LogP contribution is -2.42. The lowest BCUT2D eigenvalue weighted by molar-refractivity contribution is -0.147. The Hall–Kier alpha value is -2.90. The van der Waals surface area contributed by atoms with Gasteiger partial charge in [-0.15, -0.1) is 0 Å². The Morgan fingerprint density at radius 2 is 1.84 bits per heavy atom. The van der Waals surface area contributed by atoms with Crippen LogP contribution in [0.15, 0.2) is 41.4 Å². The number of nitrogens with zero attached hydrogens (tertiary/aromatic N) is 3. The third-order valence-corrected chi connectivity index (χ3v) is 6.43. The van der Waals surface area contributed by atoms with Crippen molar-refractivity contribution in [3.05, 3.63) is 47.7 Å². The van der Waals surface area contributed by atoms with Gasteiger partial charge in [-0.1, -0.05) is 12.1 Å². The van der Waals surface area contributed by atoms with Crippen LogP contribution in [0.25, 0.3) is 22.3 Å². The number of benzene rings is 1. The summed E-state index contributed by atoms with van der Waals surface area (Å²) in [5, 5.41) is 10.5. The second-order valence-electron chi connectivity index (χ2n) is 7.58. The Balaban J connectivity index is 2.11. The number of aryl methyl sites for hydroxylation is 1. The van der Waals surface area contributed by atoms with Crippen molar-refractivity contribution in [2.24, 2.45) is 0 Å². The highest BCUT2D eigenvalue weighted by atomic mass is 32.2. The van der Waals surface area contributed by atoms with Crippen LogP contribution in [0.3, 0.4) is 0 Å². The molecule has 0 aliphatic heterocycles. The van der Waals surface area contributed by atoms with Gasteiger partial charge in [-0.05, 0) is 51.5 Å². The molecule has 0 saturated carbocycles. The molecule has 1 N–H and O–H groups in total. The summed E-state index contributed by atoms with van der Waals surface area (Å²) in [5.74, 6) is 0. The monoisotopic (exact) mass is 450 g/mol. The molecule has 0 saturated heterocycles. The van der Waals surface area contributed by atoms with E-state index in [1.54, 1.807) is 4.72 Å². The molecule has 1 atom stereocenters. The molecule has 0 aliphatic carbocycles. The molecular formula is C21H21F3N4O2S. The van der Waals surface area contributed by atoms with Gasteiger partial charge in [0.05, 0.1) is 22.5 Å². The summed E-state index contributed by atoms with van der Waals surface area (Å²) in [5.41, 5.74) is 3.14. The second kappa shape index (κ2) is 7.98. The molecule has 0 fully saturated rings. The van der Waals surface area contributed by atoms with Gasteiger partial charge in [-0.2, -0.15) is 23.2 Å². The van der Waals surface area contributed by atoms with Crippen LogP contribution < -0.4 is 4.72 Å². The van der Waals surface area contributed by atoms with E-state index in [2.05, 4.69) is 11.1 Å². The number of rotatable bonds is 5. The molecule has 164 valence electrons. The first-order chi connectivity index (χ1) is 14.4. The average Bonchev–Trinajstić information content (AvgIpc) is 3.00. The molecule has 1 aromatic carbocycles. The minimum atomic E-state index is -4.71. The van der Waals surface area contributed by atoms with Crippen LogP contribution >= 0.6 is 0 Å². The first-order valence-electron chi connectivity index (χ1n) is 9.47. The van der Waals surface area contributed by atoms with Crippen molar-refractivity contribution in [3.63, 3.8) is 0 Å². The number of hydrogen-bond acceptors (Lipinski definition) is 4. The first-order valence-corrected chi connectivity index (χ1v) is 10.9. The molecule has 3 rings (SSSR count). The predicted molar refractivity (Wildman–Crippen MR) is 111 cm³/mol. The van der Waals surface area contributed by atoms with Crippen molar-refractivity contribution in [2.45, 2.75) is 50.9 Å². The Morgan fingerprint density at radius 1 is 1.16 bits per heavy atom. The Kier molecular flexibility index (Phi) is 5.86. The number of pyridine rings is 1. The zero-order valence-corrected chi connectivity index (χ0v) is 18.1. The number of halogens is 3. The Labute approximate surface area is 178 Å². The summed E-state index contributed by atoms with van der Waals surface area (Å²) in [6, 6.07) is 8.22. The van der Waals surface area contributed by atoms with Gasteiger partial charge in [-0.3, -0.25) is 4.98 Å². The molecule has 2 aromatic heterocycles. The molecule has 31 heavy (non-hydrogen) atoms. The zero-order valence-electron chi connectivity index (χ0n) is 17.3. The van der Waals surface area contributed by atoms with Crippen LogP contribution in [-0.4, -0.2) is 30.2 Å². The molecule has 0 bridgehead atoms. The predicted octanol–water partition coefficient (Wildman–Crippen LogP) is 4.69. The van der Waals surface area contributed by atoms with Crippen molar-refractivity contribution < 1.29 is 21.6 Å². The van der Waals surface area contributed by atoms with Crippen molar-refractivity contribution in [1.82, 2.24) is 14.3 Å². The number of nitrogens with one attached hydrogen (secondary N) is 1. The summed E-state index contributed by atoms with van der Waals surface area (Å²) in [7, 11) is -4.42. The normalized spacial score (nSPS) is 13.5. The van der Waals surface area contributed by atoms with Gasteiger partial charge in [-0.25, -0.2) is 8.42 Å². The topological polar surface area (TPSA) is 87.8 Å². The lowest BCUT2D eigenvalue weighted by Gasteiger charge is -2.17. The van der Waals surface area contributed by atoms with Gasteiger partial charge < -0.3 is 4.57 Å². The second-order valence-corrected chi connectivity index (χ2v) is 9.30. The van der Waals surface area contributed by atoms with Crippen LogP contribution in [-0.2, 0) is 10.0 Å². The number of alkyl halides is 3. The maximum Gasteiger partial charge on any atom is 0.404 e. The number of nitriles is 1. The van der Waals surface area contributed by atoms with Gasteiger partial charge in [0.25, 0.3) is 0 Å². The van der Waals surface area contributed by atoms with Crippen molar-refractivity contribution in [2.75, 3.05) is 0 Å². The van der Waals surface area contributed by atoms with E-state index in [0.717, 1.165) is 29.6 Å². The van der Waals surface area contributed by atoms with Crippen molar-refractivity contribution in [1.29, 1.82) is 5.26 Å². The van der Waals surface area contributed by atoms with E-state index >= 15 is 0 Å². The fourth-order valence-corrected chi connectivity index (χ4v) is 4.54. The smallest absolute Gasteiger partial charge is 0.336 e. The molecule has 0 spiro atoms. The third-order valence-electron chi connectivity index (χ3n) is 4.90. The van der Waals surface area contributed by atoms with Crippen molar-refractivity contribution >= 4 is 20.9 Å². The van der Waals surface area contributed by atoms with Gasteiger partial charge in [0.1, 0.15) is 17.0 Å². The zero-order chi connectivity index (χ0) is 23.1. The standard InChI is InChI=1S/C21H21F3N4O2S/c1-12(2)28-19-9-13(3)5-7-16(19)17(10-25)20(28)18-8-6-15(11-26-18)31(29,30)27-14(4)21(22,23)24/h5-9,11-12,14,27H,1-4H3/t14-/m0/s1. The molecule has 6 nitrogen and oxygen atoms in total. The van der Waals surface area contributed by atoms with E-state index in [0.29, 0.717) is 17.0 Å². The van der Waals surface area contributed by atoms with Crippen LogP contribution in [0.4, 0.5) is 13.2 Å². The minimum Gasteiger partial charge on any atom is -0.336 e. The van der Waals surface area contributed by atoms with E-state index in [4.69, 9.17) is 0 Å². The number of fused-ring (bicyclic) bond motifs is 1. The Bertz CT molecular complexity index is 1270. The SMILES string of the molecule is Cc1ccc2c(C#N)c(-c3ccc(S(=O)(=O)N[C@@H](C)C(F)(F)F)cn3)n(C(C)C)c2c1. The van der Waals surface area contributed by atoms with Gasteiger partial charge in [0.2, 0.25) is 10.0 Å². The van der Waals surface area contributed by atoms with Crippen molar-refractivity contribution in [3.8, 4) is 17.5 Å². The molecule has 2 heterocycles.